The summed E-state index contributed by atoms with van der Waals surface area (Å²) in [5.74, 6) is 0.392. The lowest BCUT2D eigenvalue weighted by atomic mass is 9.69. The Balaban J connectivity index is 1.73. The van der Waals surface area contributed by atoms with Crippen molar-refractivity contribution >= 4 is 17.4 Å². The Morgan fingerprint density at radius 3 is 2.72 bits per heavy atom. The summed E-state index contributed by atoms with van der Waals surface area (Å²) >= 11 is 0. The third-order valence-corrected chi connectivity index (χ3v) is 6.36. The number of allylic oxidation sites excluding steroid dienone is 1. The van der Waals surface area contributed by atoms with Crippen LogP contribution in [0.25, 0.3) is 11.6 Å². The van der Waals surface area contributed by atoms with Crippen LogP contribution in [0, 0.1) is 25.6 Å². The Bertz CT molecular complexity index is 1050. The van der Waals surface area contributed by atoms with Gasteiger partial charge in [-0.05, 0) is 51.2 Å². The molecule has 32 heavy (non-hydrogen) atoms. The van der Waals surface area contributed by atoms with Gasteiger partial charge in [0.05, 0.1) is 32.1 Å². The fourth-order valence-electron chi connectivity index (χ4n) is 4.71. The summed E-state index contributed by atoms with van der Waals surface area (Å²) in [6, 6.07) is 1.29. The Labute approximate surface area is 186 Å². The molecular weight excluding hydrogens is 413 g/mol. The highest BCUT2D eigenvalue weighted by atomic mass is 19.1. The van der Waals surface area contributed by atoms with Gasteiger partial charge in [-0.3, -0.25) is 4.79 Å². The number of pyridine rings is 1. The van der Waals surface area contributed by atoms with Crippen molar-refractivity contribution in [2.75, 3.05) is 20.3 Å². The molecule has 0 aliphatic heterocycles. The van der Waals surface area contributed by atoms with Crippen LogP contribution in [-0.4, -0.2) is 52.3 Å². The summed E-state index contributed by atoms with van der Waals surface area (Å²) < 4.78 is 24.9. The average molecular weight is 442 g/mol. The number of aliphatic hydroxyl groups excluding tert-OH is 1. The smallest absolute Gasteiger partial charge is 0.250 e. The zero-order valence-electron chi connectivity index (χ0n) is 18.6. The Hall–Kier alpha value is -2.71. The van der Waals surface area contributed by atoms with Gasteiger partial charge in [-0.15, -0.1) is 0 Å². The monoisotopic (exact) mass is 441 g/mol. The summed E-state index contributed by atoms with van der Waals surface area (Å²) in [6.45, 7) is 4.14. The minimum Gasteiger partial charge on any atom is -0.479 e. The molecule has 1 atom stereocenters. The van der Waals surface area contributed by atoms with Gasteiger partial charge in [-0.25, -0.2) is 19.3 Å². The van der Waals surface area contributed by atoms with Crippen LogP contribution in [0.1, 0.15) is 59.9 Å². The number of aliphatic hydroxyl groups is 1. The SMILES string of the molecule is COc1ncc(/C2=C/c3c(C)nc(C)nc3[C@@H](C3CC(OCCO)C3)CCC2=O)cc1F. The second-order valence-corrected chi connectivity index (χ2v) is 8.44. The number of methoxy groups -OCH3 is 1. The third kappa shape index (κ3) is 4.42. The lowest BCUT2D eigenvalue weighted by Gasteiger charge is -2.41. The van der Waals surface area contributed by atoms with Crippen molar-refractivity contribution in [3.8, 4) is 5.88 Å². The number of carbonyl (C=O) groups excluding carboxylic acids is 1. The Morgan fingerprint density at radius 2 is 2.03 bits per heavy atom. The van der Waals surface area contributed by atoms with Crippen molar-refractivity contribution in [2.24, 2.45) is 5.92 Å². The lowest BCUT2D eigenvalue weighted by molar-refractivity contribution is -0.114. The van der Waals surface area contributed by atoms with Crippen LogP contribution in [0.5, 0.6) is 5.88 Å². The van der Waals surface area contributed by atoms with Crippen LogP contribution in [0.2, 0.25) is 0 Å². The minimum atomic E-state index is -0.612. The van der Waals surface area contributed by atoms with Crippen molar-refractivity contribution in [2.45, 2.75) is 51.6 Å². The molecule has 2 aromatic heterocycles. The van der Waals surface area contributed by atoms with Gasteiger partial charge in [0.2, 0.25) is 5.88 Å². The van der Waals surface area contributed by atoms with E-state index in [4.69, 9.17) is 19.6 Å². The first kappa shape index (κ1) is 22.5. The van der Waals surface area contributed by atoms with Gasteiger partial charge in [0, 0.05) is 40.9 Å². The second-order valence-electron chi connectivity index (χ2n) is 8.44. The van der Waals surface area contributed by atoms with E-state index in [0.717, 1.165) is 29.8 Å². The number of hydrogen-bond donors (Lipinski definition) is 1. The molecule has 0 saturated heterocycles. The maximum atomic E-state index is 14.3. The molecule has 0 unspecified atom stereocenters. The predicted molar refractivity (Wildman–Crippen MR) is 117 cm³/mol. The van der Waals surface area contributed by atoms with Crippen LogP contribution >= 0.6 is 0 Å². The first-order chi connectivity index (χ1) is 15.4. The molecule has 2 heterocycles. The van der Waals surface area contributed by atoms with E-state index in [1.807, 2.05) is 13.8 Å². The van der Waals surface area contributed by atoms with E-state index in [1.165, 1.54) is 19.4 Å². The molecule has 1 fully saturated rings. The fraction of sp³-hybridized carbons (Fsp3) is 0.500. The van der Waals surface area contributed by atoms with Crippen molar-refractivity contribution < 1.29 is 23.8 Å². The molecule has 1 N–H and O–H groups in total. The molecule has 7 nitrogen and oxygen atoms in total. The van der Waals surface area contributed by atoms with Gasteiger partial charge < -0.3 is 14.6 Å². The Kier molecular flexibility index (Phi) is 6.62. The predicted octanol–water partition coefficient (Wildman–Crippen LogP) is 3.41. The van der Waals surface area contributed by atoms with Gasteiger partial charge >= 0.3 is 0 Å². The van der Waals surface area contributed by atoms with E-state index < -0.39 is 5.82 Å². The fourth-order valence-corrected chi connectivity index (χ4v) is 4.71. The van der Waals surface area contributed by atoms with E-state index in [1.54, 1.807) is 6.08 Å². The zero-order chi connectivity index (χ0) is 22.8. The van der Waals surface area contributed by atoms with Gasteiger partial charge in [0.15, 0.2) is 11.6 Å². The molecule has 0 amide bonds. The number of carbonyl (C=O) groups is 1. The number of nitrogens with zero attached hydrogens (tertiary/aromatic N) is 3. The van der Waals surface area contributed by atoms with Gasteiger partial charge in [-0.1, -0.05) is 0 Å². The standard InChI is InChI=1S/C24H28FN3O4/c1-13-19-11-20(16-10-21(25)24(31-3)26-12-16)22(30)5-4-18(23(19)28-14(2)27-13)15-8-17(9-15)32-7-6-29/h10-12,15,17-18,29H,4-9H2,1-3H3/b20-11-/t15?,17?,18-/m1/s1. The van der Waals surface area contributed by atoms with Crippen molar-refractivity contribution in [1.82, 2.24) is 15.0 Å². The zero-order valence-corrected chi connectivity index (χ0v) is 18.6. The third-order valence-electron chi connectivity index (χ3n) is 6.36. The number of rotatable bonds is 6. The topological polar surface area (TPSA) is 94.4 Å². The van der Waals surface area contributed by atoms with E-state index in [2.05, 4.69) is 9.97 Å². The van der Waals surface area contributed by atoms with Crippen LogP contribution in [0.15, 0.2) is 12.3 Å². The Morgan fingerprint density at radius 1 is 1.25 bits per heavy atom. The number of halogens is 1. The average Bonchev–Trinajstić information content (AvgIpc) is 2.72. The maximum absolute atomic E-state index is 14.3. The van der Waals surface area contributed by atoms with Crippen LogP contribution < -0.4 is 4.74 Å². The lowest BCUT2D eigenvalue weighted by Crippen LogP contribution is -2.37. The molecule has 8 heteroatoms. The van der Waals surface area contributed by atoms with Crippen LogP contribution in [-0.2, 0) is 9.53 Å². The highest BCUT2D eigenvalue weighted by Gasteiger charge is 2.39. The molecule has 0 radical (unpaired) electrons. The molecule has 0 bridgehead atoms. The van der Waals surface area contributed by atoms with E-state index in [9.17, 15) is 9.18 Å². The quantitative estimate of drug-likeness (QED) is 0.734. The first-order valence-electron chi connectivity index (χ1n) is 10.9. The molecule has 2 aliphatic rings. The van der Waals surface area contributed by atoms with Gasteiger partial charge in [0.25, 0.3) is 0 Å². The highest BCUT2D eigenvalue weighted by molar-refractivity contribution is 6.25. The summed E-state index contributed by atoms with van der Waals surface area (Å²) in [5.41, 5.74) is 3.37. The molecule has 0 spiro atoms. The van der Waals surface area contributed by atoms with Gasteiger partial charge in [-0.2, -0.15) is 0 Å². The minimum absolute atomic E-state index is 0.0158. The summed E-state index contributed by atoms with van der Waals surface area (Å²) in [5, 5.41) is 8.98. The summed E-state index contributed by atoms with van der Waals surface area (Å²) in [4.78, 5) is 26.5. The van der Waals surface area contributed by atoms with Crippen LogP contribution in [0.3, 0.4) is 0 Å². The number of aromatic nitrogens is 3. The van der Waals surface area contributed by atoms with E-state index >= 15 is 0 Å². The van der Waals surface area contributed by atoms with Crippen molar-refractivity contribution in [3.05, 3.63) is 46.4 Å². The molecular formula is C24H28FN3O4. The molecule has 0 aromatic carbocycles. The number of hydrogen-bond acceptors (Lipinski definition) is 7. The molecule has 1 saturated carbocycles. The molecule has 170 valence electrons. The van der Waals surface area contributed by atoms with E-state index in [-0.39, 0.29) is 30.3 Å². The highest BCUT2D eigenvalue weighted by Crippen LogP contribution is 2.45. The number of ketones is 1. The molecule has 2 aromatic rings. The summed E-state index contributed by atoms with van der Waals surface area (Å²) in [6.07, 6.45) is 6.14. The first-order valence-corrected chi connectivity index (χ1v) is 10.9. The number of ether oxygens (including phenoxy) is 2. The van der Waals surface area contributed by atoms with E-state index in [0.29, 0.717) is 42.3 Å². The maximum Gasteiger partial charge on any atom is 0.250 e. The van der Waals surface area contributed by atoms with Crippen LogP contribution in [0.4, 0.5) is 4.39 Å². The summed E-state index contributed by atoms with van der Waals surface area (Å²) in [7, 11) is 1.35. The normalized spacial score (nSPS) is 24.6. The largest absolute Gasteiger partial charge is 0.479 e. The van der Waals surface area contributed by atoms with Gasteiger partial charge in [0.1, 0.15) is 5.82 Å². The number of fused-ring (bicyclic) bond motifs is 1. The molecule has 2 aliphatic carbocycles. The number of aryl methyl sites for hydroxylation is 2. The number of Topliss-reactive ketones (excluding diaryl/α,β-unsaturated/α-hetero) is 1. The van der Waals surface area contributed by atoms with Crippen molar-refractivity contribution in [3.63, 3.8) is 0 Å². The van der Waals surface area contributed by atoms with Crippen molar-refractivity contribution in [1.29, 1.82) is 0 Å². The molecule has 4 rings (SSSR count). The second kappa shape index (κ2) is 9.42.